The summed E-state index contributed by atoms with van der Waals surface area (Å²) in [4.78, 5) is 23.8. The van der Waals surface area contributed by atoms with E-state index in [-0.39, 0.29) is 5.91 Å². The third-order valence-electron chi connectivity index (χ3n) is 2.99. The zero-order valence-electron chi connectivity index (χ0n) is 11.4. The lowest BCUT2D eigenvalue weighted by Gasteiger charge is -2.01. The van der Waals surface area contributed by atoms with Crippen LogP contribution >= 0.6 is 11.3 Å². The molecule has 0 atom stereocenters. The second kappa shape index (κ2) is 5.88. The molecule has 0 aliphatic heterocycles. The lowest BCUT2D eigenvalue weighted by atomic mass is 10.1. The minimum Gasteiger partial charge on any atom is -0.365 e. The van der Waals surface area contributed by atoms with Crippen molar-refractivity contribution in [1.82, 2.24) is 0 Å². The van der Waals surface area contributed by atoms with Gasteiger partial charge in [-0.15, -0.1) is 11.3 Å². The SMILES string of the molecule is CC(=O)Nc1sc(Cc2ccccc2)c(C)c1C(N)=O. The molecule has 2 aromatic rings. The normalized spacial score (nSPS) is 10.3. The number of hydrogen-bond donors (Lipinski definition) is 2. The molecule has 1 heterocycles. The fraction of sp³-hybridized carbons (Fsp3) is 0.200. The Balaban J connectivity index is 2.39. The van der Waals surface area contributed by atoms with E-state index in [0.717, 1.165) is 22.4 Å². The highest BCUT2D eigenvalue weighted by Crippen LogP contribution is 2.34. The number of carbonyl (C=O) groups is 2. The number of hydrogen-bond acceptors (Lipinski definition) is 3. The van der Waals surface area contributed by atoms with E-state index in [0.29, 0.717) is 10.6 Å². The van der Waals surface area contributed by atoms with Gasteiger partial charge in [0, 0.05) is 18.2 Å². The monoisotopic (exact) mass is 288 g/mol. The molecule has 1 aromatic heterocycles. The Kier molecular flexibility index (Phi) is 4.20. The van der Waals surface area contributed by atoms with Gasteiger partial charge >= 0.3 is 0 Å². The number of rotatable bonds is 4. The maximum Gasteiger partial charge on any atom is 0.251 e. The van der Waals surface area contributed by atoms with Crippen molar-refractivity contribution in [2.45, 2.75) is 20.3 Å². The molecule has 1 aromatic carbocycles. The topological polar surface area (TPSA) is 72.2 Å². The van der Waals surface area contributed by atoms with Crippen molar-refractivity contribution in [3.05, 3.63) is 51.9 Å². The maximum atomic E-state index is 11.6. The van der Waals surface area contributed by atoms with Crippen LogP contribution in [-0.2, 0) is 11.2 Å². The second-order valence-corrected chi connectivity index (χ2v) is 5.67. The number of thiophene rings is 1. The summed E-state index contributed by atoms with van der Waals surface area (Å²) in [5.74, 6) is -0.721. The van der Waals surface area contributed by atoms with Gasteiger partial charge < -0.3 is 11.1 Å². The summed E-state index contributed by atoms with van der Waals surface area (Å²) in [5, 5.41) is 3.22. The molecule has 0 radical (unpaired) electrons. The van der Waals surface area contributed by atoms with E-state index < -0.39 is 5.91 Å². The highest BCUT2D eigenvalue weighted by atomic mass is 32.1. The number of primary amides is 1. The number of amides is 2. The van der Waals surface area contributed by atoms with Crippen molar-refractivity contribution in [3.63, 3.8) is 0 Å². The van der Waals surface area contributed by atoms with Gasteiger partial charge in [0.15, 0.2) is 0 Å². The van der Waals surface area contributed by atoms with Gasteiger partial charge in [0.2, 0.25) is 5.91 Å². The Bertz CT molecular complexity index is 647. The lowest BCUT2D eigenvalue weighted by molar-refractivity contribution is -0.114. The Morgan fingerprint density at radius 3 is 2.45 bits per heavy atom. The van der Waals surface area contributed by atoms with Crippen LogP contribution in [0.1, 0.15) is 33.3 Å². The average Bonchev–Trinajstić information content (AvgIpc) is 2.66. The van der Waals surface area contributed by atoms with Crippen molar-refractivity contribution in [3.8, 4) is 0 Å². The Labute approximate surface area is 121 Å². The first-order valence-electron chi connectivity index (χ1n) is 6.22. The summed E-state index contributed by atoms with van der Waals surface area (Å²) in [7, 11) is 0. The van der Waals surface area contributed by atoms with Crippen molar-refractivity contribution in [1.29, 1.82) is 0 Å². The van der Waals surface area contributed by atoms with Crippen LogP contribution in [-0.4, -0.2) is 11.8 Å². The molecule has 2 rings (SSSR count). The molecule has 5 heteroatoms. The highest BCUT2D eigenvalue weighted by Gasteiger charge is 2.19. The molecule has 0 aliphatic carbocycles. The van der Waals surface area contributed by atoms with Gasteiger partial charge in [0.1, 0.15) is 5.00 Å². The third-order valence-corrected chi connectivity index (χ3v) is 4.20. The number of benzene rings is 1. The summed E-state index contributed by atoms with van der Waals surface area (Å²) < 4.78 is 0. The van der Waals surface area contributed by atoms with Crippen LogP contribution in [0.15, 0.2) is 30.3 Å². The van der Waals surface area contributed by atoms with E-state index >= 15 is 0 Å². The molecule has 3 N–H and O–H groups in total. The fourth-order valence-electron chi connectivity index (χ4n) is 2.06. The van der Waals surface area contributed by atoms with Crippen LogP contribution in [0, 0.1) is 6.92 Å². The molecule has 0 bridgehead atoms. The van der Waals surface area contributed by atoms with Gasteiger partial charge in [0.05, 0.1) is 5.56 Å². The van der Waals surface area contributed by atoms with Crippen LogP contribution in [0.2, 0.25) is 0 Å². The quantitative estimate of drug-likeness (QED) is 0.908. The van der Waals surface area contributed by atoms with Crippen molar-refractivity contribution in [2.75, 3.05) is 5.32 Å². The van der Waals surface area contributed by atoms with Crippen LogP contribution in [0.25, 0.3) is 0 Å². The van der Waals surface area contributed by atoms with E-state index in [1.54, 1.807) is 0 Å². The molecule has 104 valence electrons. The van der Waals surface area contributed by atoms with Gasteiger partial charge in [0.25, 0.3) is 5.91 Å². The summed E-state index contributed by atoms with van der Waals surface area (Å²) >= 11 is 1.40. The summed E-state index contributed by atoms with van der Waals surface area (Å²) in [6.07, 6.45) is 0.719. The summed E-state index contributed by atoms with van der Waals surface area (Å²) in [6, 6.07) is 9.97. The van der Waals surface area contributed by atoms with Crippen LogP contribution < -0.4 is 11.1 Å². The first kappa shape index (κ1) is 14.3. The molecule has 0 saturated carbocycles. The molecule has 4 nitrogen and oxygen atoms in total. The molecule has 2 amide bonds. The van der Waals surface area contributed by atoms with Gasteiger partial charge in [-0.1, -0.05) is 30.3 Å². The highest BCUT2D eigenvalue weighted by molar-refractivity contribution is 7.17. The predicted molar refractivity (Wildman–Crippen MR) is 81.1 cm³/mol. The molecule has 0 aliphatic rings. The number of nitrogens with two attached hydrogens (primary N) is 1. The molecule has 0 unspecified atom stereocenters. The molecular formula is C15H16N2O2S. The predicted octanol–water partition coefficient (Wildman–Crippen LogP) is 2.70. The lowest BCUT2D eigenvalue weighted by Crippen LogP contribution is -2.15. The van der Waals surface area contributed by atoms with Gasteiger partial charge in [-0.05, 0) is 18.1 Å². The van der Waals surface area contributed by atoms with Crippen LogP contribution in [0.4, 0.5) is 5.00 Å². The second-order valence-electron chi connectivity index (χ2n) is 4.56. The summed E-state index contributed by atoms with van der Waals surface area (Å²) in [5.41, 5.74) is 7.82. The molecule has 20 heavy (non-hydrogen) atoms. The van der Waals surface area contributed by atoms with Crippen LogP contribution in [0.3, 0.4) is 0 Å². The maximum absolute atomic E-state index is 11.6. The van der Waals surface area contributed by atoms with Crippen molar-refractivity contribution >= 4 is 28.2 Å². The standard InChI is InChI=1S/C15H16N2O2S/c1-9-12(8-11-6-4-3-5-7-11)20-15(17-10(2)18)13(9)14(16)19/h3-7H,8H2,1-2H3,(H2,16,19)(H,17,18). The van der Waals surface area contributed by atoms with Gasteiger partial charge in [-0.3, -0.25) is 9.59 Å². The minimum absolute atomic E-state index is 0.208. The Hall–Kier alpha value is -2.14. The van der Waals surface area contributed by atoms with Crippen molar-refractivity contribution < 1.29 is 9.59 Å². The van der Waals surface area contributed by atoms with Gasteiger partial charge in [-0.2, -0.15) is 0 Å². The largest absolute Gasteiger partial charge is 0.365 e. The molecule has 0 fully saturated rings. The molecule has 0 saturated heterocycles. The Morgan fingerprint density at radius 2 is 1.90 bits per heavy atom. The van der Waals surface area contributed by atoms with E-state index in [9.17, 15) is 9.59 Å². The number of anilines is 1. The first-order chi connectivity index (χ1) is 9.49. The average molecular weight is 288 g/mol. The Morgan fingerprint density at radius 1 is 1.25 bits per heavy atom. The zero-order valence-corrected chi connectivity index (χ0v) is 12.2. The smallest absolute Gasteiger partial charge is 0.251 e. The van der Waals surface area contributed by atoms with E-state index in [2.05, 4.69) is 5.32 Å². The van der Waals surface area contributed by atoms with E-state index in [1.807, 2.05) is 37.3 Å². The van der Waals surface area contributed by atoms with E-state index in [4.69, 9.17) is 5.73 Å². The minimum atomic E-state index is -0.512. The number of nitrogens with one attached hydrogen (secondary N) is 1. The number of carbonyl (C=O) groups excluding carboxylic acids is 2. The van der Waals surface area contributed by atoms with Gasteiger partial charge in [-0.25, -0.2) is 0 Å². The van der Waals surface area contributed by atoms with E-state index in [1.165, 1.54) is 18.3 Å². The zero-order chi connectivity index (χ0) is 14.7. The van der Waals surface area contributed by atoms with Crippen molar-refractivity contribution in [2.24, 2.45) is 5.73 Å². The van der Waals surface area contributed by atoms with Crippen LogP contribution in [0.5, 0.6) is 0 Å². The first-order valence-corrected chi connectivity index (χ1v) is 7.04. The molecular weight excluding hydrogens is 272 g/mol. The fourth-order valence-corrected chi connectivity index (χ4v) is 3.35. The molecule has 0 spiro atoms. The third kappa shape index (κ3) is 3.05. The summed E-state index contributed by atoms with van der Waals surface area (Å²) in [6.45, 7) is 3.27.